The molecule has 7 heteroatoms. The minimum atomic E-state index is -1.28. The van der Waals surface area contributed by atoms with Gasteiger partial charge < -0.3 is 34.6 Å². The molecule has 1 heterocycles. The van der Waals surface area contributed by atoms with Crippen molar-refractivity contribution in [3.8, 4) is 0 Å². The second kappa shape index (κ2) is 21.6. The number of aliphatic hydroxyl groups excluding tert-OH is 3. The summed E-state index contributed by atoms with van der Waals surface area (Å²) < 4.78 is 16.9. The molecule has 0 amide bonds. The molecule has 0 bridgehead atoms. The molecular weight excluding hydrogens is 677 g/mol. The molecule has 0 radical (unpaired) electrons. The Bertz CT molecular complexity index is 1610. The van der Waals surface area contributed by atoms with E-state index in [1.54, 1.807) is 26.8 Å². The maximum absolute atomic E-state index is 10.7. The van der Waals surface area contributed by atoms with Crippen LogP contribution in [0, 0.1) is 5.41 Å². The third-order valence-electron chi connectivity index (χ3n) is 9.53. The van der Waals surface area contributed by atoms with Crippen LogP contribution >= 0.6 is 0 Å². The van der Waals surface area contributed by atoms with Crippen molar-refractivity contribution >= 4 is 0 Å². The van der Waals surface area contributed by atoms with Crippen molar-refractivity contribution in [1.82, 2.24) is 0 Å². The molecule has 1 fully saturated rings. The minimum absolute atomic E-state index is 0.0168. The summed E-state index contributed by atoms with van der Waals surface area (Å²) in [4.78, 5) is 0. The van der Waals surface area contributed by atoms with Crippen molar-refractivity contribution in [3.05, 3.63) is 142 Å². The topological polar surface area (TPSA) is 109 Å². The van der Waals surface area contributed by atoms with E-state index in [9.17, 15) is 20.4 Å². The lowest BCUT2D eigenvalue weighted by Crippen LogP contribution is -2.44. The van der Waals surface area contributed by atoms with Crippen LogP contribution in [0.1, 0.15) is 89.0 Å². The molecule has 1 aliphatic carbocycles. The van der Waals surface area contributed by atoms with E-state index in [0.717, 1.165) is 35.1 Å². The minimum Gasteiger partial charge on any atom is -0.393 e. The average molecular weight is 745 g/mol. The largest absolute Gasteiger partial charge is 0.393 e. The molecular formula is C47H68O7. The van der Waals surface area contributed by atoms with E-state index in [0.29, 0.717) is 0 Å². The van der Waals surface area contributed by atoms with E-state index in [1.165, 1.54) is 23.8 Å². The molecule has 7 nitrogen and oxygen atoms in total. The number of aliphatic hydroxyl groups is 4. The van der Waals surface area contributed by atoms with Gasteiger partial charge in [-0.05, 0) is 86.1 Å². The van der Waals surface area contributed by atoms with Crippen molar-refractivity contribution in [3.63, 3.8) is 0 Å². The Morgan fingerprint density at radius 1 is 0.778 bits per heavy atom. The summed E-state index contributed by atoms with van der Waals surface area (Å²) in [6.07, 6.45) is 31.4. The Balaban J connectivity index is 1.90. The normalized spacial score (nSPS) is 27.8. The van der Waals surface area contributed by atoms with E-state index in [4.69, 9.17) is 14.2 Å². The summed E-state index contributed by atoms with van der Waals surface area (Å²) in [5.74, 6) is 0. The van der Waals surface area contributed by atoms with Crippen LogP contribution in [0.5, 0.6) is 0 Å². The van der Waals surface area contributed by atoms with Gasteiger partial charge in [0.15, 0.2) is 6.29 Å². The van der Waals surface area contributed by atoms with Crippen LogP contribution in [0.3, 0.4) is 0 Å². The van der Waals surface area contributed by atoms with Crippen molar-refractivity contribution in [2.45, 2.75) is 131 Å². The molecule has 1 aliphatic heterocycles. The summed E-state index contributed by atoms with van der Waals surface area (Å²) in [6, 6.07) is 0. The van der Waals surface area contributed by atoms with E-state index in [2.05, 4.69) is 90.2 Å². The number of rotatable bonds is 17. The molecule has 0 saturated carbocycles. The second-order valence-electron chi connectivity index (χ2n) is 16.2. The first-order valence-electron chi connectivity index (χ1n) is 18.9. The summed E-state index contributed by atoms with van der Waals surface area (Å²) >= 11 is 0. The van der Waals surface area contributed by atoms with Crippen LogP contribution in [0.2, 0.25) is 0 Å². The molecule has 0 spiro atoms. The molecule has 298 valence electrons. The maximum Gasteiger partial charge on any atom is 0.187 e. The van der Waals surface area contributed by atoms with Gasteiger partial charge in [0.25, 0.3) is 0 Å². The van der Waals surface area contributed by atoms with E-state index in [-0.39, 0.29) is 18.1 Å². The first-order valence-corrected chi connectivity index (χ1v) is 18.9. The SMILES string of the molecule is COCC1(C)OC(O[C@@H](/C=C/C(C)=C/C=C/C(C)=C/C=C/C(C)=C/C=C/C=C(C)/C=C/C=C(C)/C=C/C2=C(C)C[C@@H](O)CC2(C)C)C(C)(C)O)C(O)C1O. The first-order chi connectivity index (χ1) is 25.2. The predicted molar refractivity (Wildman–Crippen MR) is 224 cm³/mol. The number of hydrogen-bond acceptors (Lipinski definition) is 7. The second-order valence-corrected chi connectivity index (χ2v) is 16.2. The molecule has 0 aromatic carbocycles. The van der Waals surface area contributed by atoms with Gasteiger partial charge >= 0.3 is 0 Å². The van der Waals surface area contributed by atoms with Crippen LogP contribution in [-0.2, 0) is 14.2 Å². The summed E-state index contributed by atoms with van der Waals surface area (Å²) in [7, 11) is 1.49. The van der Waals surface area contributed by atoms with Gasteiger partial charge in [0.2, 0.25) is 0 Å². The lowest BCUT2D eigenvalue weighted by atomic mass is 9.71. The predicted octanol–water partition coefficient (Wildman–Crippen LogP) is 9.19. The molecule has 6 atom stereocenters. The van der Waals surface area contributed by atoms with Gasteiger partial charge in [-0.3, -0.25) is 0 Å². The highest BCUT2D eigenvalue weighted by atomic mass is 16.7. The quantitative estimate of drug-likeness (QED) is 0.110. The highest BCUT2D eigenvalue weighted by molar-refractivity contribution is 5.38. The molecule has 1 saturated heterocycles. The molecule has 0 aromatic heterocycles. The molecule has 2 aliphatic rings. The Labute approximate surface area is 326 Å². The van der Waals surface area contributed by atoms with Crippen molar-refractivity contribution in [2.24, 2.45) is 5.41 Å². The fourth-order valence-electron chi connectivity index (χ4n) is 6.40. The van der Waals surface area contributed by atoms with Gasteiger partial charge in [-0.25, -0.2) is 0 Å². The lowest BCUT2D eigenvalue weighted by Gasteiger charge is -2.35. The standard InChI is InChI=1S/C47H68O7/c1-33(18-13-14-19-34(2)21-16-24-36(4)26-28-40-38(6)30-39(48)31-45(40,7)8)20-15-22-35(3)23-17-25-37(5)27-29-41(46(9,10)51)53-44-42(49)43(50)47(11,54-44)32-52-12/h13-29,39,41-44,48-51H,30-32H2,1-12H3/b14-13+,20-15+,21-16+,23-17+,28-26+,29-27+,33-18+,34-19+,35-22+,36-24+,37-25+/t39-,41+,42?,43?,44?,47?/m1/s1. The van der Waals surface area contributed by atoms with Gasteiger partial charge in [0.05, 0.1) is 18.3 Å². The Morgan fingerprint density at radius 2 is 1.24 bits per heavy atom. The molecule has 54 heavy (non-hydrogen) atoms. The van der Waals surface area contributed by atoms with E-state index in [1.807, 2.05) is 62.5 Å². The van der Waals surface area contributed by atoms with Gasteiger partial charge in [0, 0.05) is 7.11 Å². The summed E-state index contributed by atoms with van der Waals surface area (Å²) in [5, 5.41) is 41.8. The highest BCUT2D eigenvalue weighted by Gasteiger charge is 2.53. The van der Waals surface area contributed by atoms with Gasteiger partial charge in [-0.1, -0.05) is 151 Å². The van der Waals surface area contributed by atoms with Crippen LogP contribution in [0.4, 0.5) is 0 Å². The van der Waals surface area contributed by atoms with Crippen molar-refractivity contribution < 1.29 is 34.6 Å². The van der Waals surface area contributed by atoms with Crippen LogP contribution in [-0.4, -0.2) is 76.1 Å². The lowest BCUT2D eigenvalue weighted by molar-refractivity contribution is -0.230. The number of hydrogen-bond donors (Lipinski definition) is 4. The fraction of sp³-hybridized carbons (Fsp3) is 0.489. The molecule has 4 N–H and O–H groups in total. The smallest absolute Gasteiger partial charge is 0.187 e. The van der Waals surface area contributed by atoms with Gasteiger partial charge in [-0.15, -0.1) is 0 Å². The van der Waals surface area contributed by atoms with E-state index < -0.39 is 35.8 Å². The number of methoxy groups -OCH3 is 1. The fourth-order valence-corrected chi connectivity index (χ4v) is 6.40. The van der Waals surface area contributed by atoms with Gasteiger partial charge in [-0.2, -0.15) is 0 Å². The third kappa shape index (κ3) is 15.8. The molecule has 2 rings (SSSR count). The van der Waals surface area contributed by atoms with Gasteiger partial charge in [0.1, 0.15) is 23.9 Å². The zero-order chi connectivity index (χ0) is 40.7. The van der Waals surface area contributed by atoms with E-state index >= 15 is 0 Å². The number of ether oxygens (including phenoxy) is 3. The van der Waals surface area contributed by atoms with Crippen molar-refractivity contribution in [1.29, 1.82) is 0 Å². The monoisotopic (exact) mass is 744 g/mol. The van der Waals surface area contributed by atoms with Crippen LogP contribution in [0.15, 0.2) is 142 Å². The Hall–Kier alpha value is -3.40. The van der Waals surface area contributed by atoms with Crippen molar-refractivity contribution in [2.75, 3.05) is 13.7 Å². The zero-order valence-corrected chi connectivity index (χ0v) is 34.8. The third-order valence-corrected chi connectivity index (χ3v) is 9.53. The zero-order valence-electron chi connectivity index (χ0n) is 34.8. The van der Waals surface area contributed by atoms with Crippen LogP contribution < -0.4 is 0 Å². The highest BCUT2D eigenvalue weighted by Crippen LogP contribution is 2.41. The number of allylic oxidation sites excluding steroid dienone is 22. The molecule has 4 unspecified atom stereocenters. The Morgan fingerprint density at radius 3 is 1.70 bits per heavy atom. The first kappa shape index (κ1) is 46.8. The molecule has 0 aromatic rings. The summed E-state index contributed by atoms with van der Waals surface area (Å²) in [5.41, 5.74) is 5.67. The summed E-state index contributed by atoms with van der Waals surface area (Å²) in [6.45, 7) is 21.7. The average Bonchev–Trinajstić information content (AvgIpc) is 3.26. The Kier molecular flexibility index (Phi) is 18.7. The van der Waals surface area contributed by atoms with Crippen LogP contribution in [0.25, 0.3) is 0 Å². The maximum atomic E-state index is 10.7.